The van der Waals surface area contributed by atoms with E-state index in [4.69, 9.17) is 9.47 Å². The second-order valence-corrected chi connectivity index (χ2v) is 3.24. The third-order valence-electron chi connectivity index (χ3n) is 2.37. The Hall–Kier alpha value is -1.58. The van der Waals surface area contributed by atoms with E-state index in [2.05, 4.69) is 13.2 Å². The van der Waals surface area contributed by atoms with E-state index >= 15 is 0 Å². The van der Waals surface area contributed by atoms with Gasteiger partial charge in [0.15, 0.2) is 0 Å². The van der Waals surface area contributed by atoms with Crippen LogP contribution in [0.5, 0.6) is 0 Å². The van der Waals surface area contributed by atoms with Crippen LogP contribution in [0.25, 0.3) is 0 Å². The summed E-state index contributed by atoms with van der Waals surface area (Å²) in [4.78, 5) is 23.1. The molecule has 0 bridgehead atoms. The largest absolute Gasteiger partial charge is 0.435 e. The molecule has 0 aromatic carbocycles. The van der Waals surface area contributed by atoms with Crippen molar-refractivity contribution in [2.45, 2.75) is 26.7 Å². The third kappa shape index (κ3) is 3.88. The lowest BCUT2D eigenvalue weighted by atomic mass is 9.88. The van der Waals surface area contributed by atoms with Gasteiger partial charge in [-0.3, -0.25) is 9.59 Å². The minimum Gasteiger partial charge on any atom is -0.435 e. The van der Waals surface area contributed by atoms with Crippen molar-refractivity contribution in [3.05, 3.63) is 25.7 Å². The predicted molar refractivity (Wildman–Crippen MR) is 60.1 cm³/mol. The molecule has 0 amide bonds. The summed E-state index contributed by atoms with van der Waals surface area (Å²) in [7, 11) is 0. The molecule has 0 aromatic rings. The molecule has 0 N–H and O–H groups in total. The molecule has 90 valence electrons. The van der Waals surface area contributed by atoms with Gasteiger partial charge in [0.25, 0.3) is 0 Å². The highest BCUT2D eigenvalue weighted by molar-refractivity contribution is 5.82. The van der Waals surface area contributed by atoms with Crippen molar-refractivity contribution in [3.8, 4) is 0 Å². The Labute approximate surface area is 95.9 Å². The number of rotatable bonds is 7. The molecule has 0 aliphatic carbocycles. The van der Waals surface area contributed by atoms with Crippen LogP contribution in [0.15, 0.2) is 25.7 Å². The highest BCUT2D eigenvalue weighted by Crippen LogP contribution is 2.22. The van der Waals surface area contributed by atoms with Gasteiger partial charge in [0.05, 0.1) is 24.4 Å². The van der Waals surface area contributed by atoms with Crippen molar-refractivity contribution in [3.63, 3.8) is 0 Å². The summed E-state index contributed by atoms with van der Waals surface area (Å²) in [6.45, 7) is 10.3. The zero-order valence-corrected chi connectivity index (χ0v) is 9.77. The normalized spacial score (nSPS) is 13.4. The van der Waals surface area contributed by atoms with Crippen LogP contribution < -0.4 is 0 Å². The zero-order chi connectivity index (χ0) is 12.6. The minimum absolute atomic E-state index is 0.453. The van der Waals surface area contributed by atoms with Gasteiger partial charge in [-0.1, -0.05) is 27.0 Å². The van der Waals surface area contributed by atoms with Gasteiger partial charge in [0.2, 0.25) is 0 Å². The van der Waals surface area contributed by atoms with Gasteiger partial charge < -0.3 is 9.47 Å². The van der Waals surface area contributed by atoms with Crippen molar-refractivity contribution in [1.82, 2.24) is 0 Å². The van der Waals surface area contributed by atoms with E-state index in [1.165, 1.54) is 0 Å². The van der Waals surface area contributed by atoms with Crippen molar-refractivity contribution in [2.75, 3.05) is 0 Å². The first kappa shape index (κ1) is 14.4. The van der Waals surface area contributed by atoms with Crippen LogP contribution in [-0.4, -0.2) is 11.9 Å². The first-order valence-corrected chi connectivity index (χ1v) is 5.25. The maximum absolute atomic E-state index is 11.6. The van der Waals surface area contributed by atoms with Crippen LogP contribution in [0, 0.1) is 11.8 Å². The summed E-state index contributed by atoms with van der Waals surface area (Å²) in [5.74, 6) is -1.92. The highest BCUT2D eigenvalue weighted by Gasteiger charge is 2.32. The fourth-order valence-electron chi connectivity index (χ4n) is 1.57. The molecule has 0 fully saturated rings. The molecule has 2 atom stereocenters. The van der Waals surface area contributed by atoms with E-state index < -0.39 is 23.8 Å². The maximum atomic E-state index is 11.6. The van der Waals surface area contributed by atoms with Gasteiger partial charge in [0.1, 0.15) is 0 Å². The van der Waals surface area contributed by atoms with Crippen LogP contribution in [0.4, 0.5) is 0 Å². The molecule has 0 aliphatic rings. The van der Waals surface area contributed by atoms with Crippen LogP contribution in [0.1, 0.15) is 26.7 Å². The van der Waals surface area contributed by atoms with Crippen LogP contribution in [0.3, 0.4) is 0 Å². The molecule has 2 unspecified atom stereocenters. The topological polar surface area (TPSA) is 52.6 Å². The molecule has 0 saturated heterocycles. The van der Waals surface area contributed by atoms with Gasteiger partial charge in [-0.2, -0.15) is 0 Å². The number of hydrogen-bond donors (Lipinski definition) is 0. The highest BCUT2D eigenvalue weighted by atomic mass is 16.5. The molecule has 0 spiro atoms. The molecule has 0 saturated carbocycles. The molecule has 16 heavy (non-hydrogen) atoms. The van der Waals surface area contributed by atoms with Crippen molar-refractivity contribution in [2.24, 2.45) is 11.8 Å². The summed E-state index contributed by atoms with van der Waals surface area (Å²) >= 11 is 0. The molecule has 0 rings (SSSR count). The molecule has 0 heterocycles. The van der Waals surface area contributed by atoms with Crippen molar-refractivity contribution >= 4 is 11.9 Å². The molecule has 0 aromatic heterocycles. The number of hydrogen-bond acceptors (Lipinski definition) is 4. The SMILES string of the molecule is C=COC(=O)C(CC)C(CC)C(=O)OC=C. The average Bonchev–Trinajstić information content (AvgIpc) is 2.25. The van der Waals surface area contributed by atoms with E-state index in [-0.39, 0.29) is 0 Å². The second-order valence-electron chi connectivity index (χ2n) is 3.24. The first-order valence-electron chi connectivity index (χ1n) is 5.25. The number of ether oxygens (including phenoxy) is 2. The Bertz CT molecular complexity index is 242. The van der Waals surface area contributed by atoms with Gasteiger partial charge in [-0.05, 0) is 12.8 Å². The van der Waals surface area contributed by atoms with E-state index in [1.807, 2.05) is 13.8 Å². The molecule has 4 nitrogen and oxygen atoms in total. The zero-order valence-electron chi connectivity index (χ0n) is 9.77. The van der Waals surface area contributed by atoms with Crippen LogP contribution in [0.2, 0.25) is 0 Å². The van der Waals surface area contributed by atoms with Gasteiger partial charge in [-0.25, -0.2) is 0 Å². The lowest BCUT2D eigenvalue weighted by molar-refractivity contribution is -0.154. The van der Waals surface area contributed by atoms with E-state index in [0.29, 0.717) is 12.8 Å². The molecule has 0 aliphatic heterocycles. The average molecular weight is 226 g/mol. The van der Waals surface area contributed by atoms with E-state index in [1.54, 1.807) is 0 Å². The molecule has 0 radical (unpaired) electrons. The summed E-state index contributed by atoms with van der Waals surface area (Å²) in [5.41, 5.74) is 0. The summed E-state index contributed by atoms with van der Waals surface area (Å²) in [6.07, 6.45) is 3.15. The fourth-order valence-corrected chi connectivity index (χ4v) is 1.57. The number of esters is 2. The second kappa shape index (κ2) is 7.68. The Morgan fingerprint density at radius 1 is 1.00 bits per heavy atom. The lowest BCUT2D eigenvalue weighted by Crippen LogP contribution is -2.30. The molecular weight excluding hydrogens is 208 g/mol. The Morgan fingerprint density at radius 2 is 1.31 bits per heavy atom. The summed E-state index contributed by atoms with van der Waals surface area (Å²) in [5, 5.41) is 0. The summed E-state index contributed by atoms with van der Waals surface area (Å²) < 4.78 is 9.39. The minimum atomic E-state index is -0.504. The van der Waals surface area contributed by atoms with Gasteiger partial charge in [0, 0.05) is 0 Å². The standard InChI is InChI=1S/C12H18O4/c1-5-9(11(13)15-7-3)10(6-2)12(14)16-8-4/h7-10H,3-6H2,1-2H3. The smallest absolute Gasteiger partial charge is 0.314 e. The number of carbonyl (C=O) groups is 2. The van der Waals surface area contributed by atoms with E-state index in [0.717, 1.165) is 12.5 Å². The van der Waals surface area contributed by atoms with Crippen molar-refractivity contribution < 1.29 is 19.1 Å². The monoisotopic (exact) mass is 226 g/mol. The summed E-state index contributed by atoms with van der Waals surface area (Å²) in [6, 6.07) is 0. The van der Waals surface area contributed by atoms with Crippen molar-refractivity contribution in [1.29, 1.82) is 0 Å². The van der Waals surface area contributed by atoms with Gasteiger partial charge in [-0.15, -0.1) is 0 Å². The van der Waals surface area contributed by atoms with Gasteiger partial charge >= 0.3 is 11.9 Å². The van der Waals surface area contributed by atoms with E-state index in [9.17, 15) is 9.59 Å². The quantitative estimate of drug-likeness (QED) is 0.494. The Morgan fingerprint density at radius 3 is 1.50 bits per heavy atom. The lowest BCUT2D eigenvalue weighted by Gasteiger charge is -2.20. The predicted octanol–water partition coefficient (Wildman–Crippen LogP) is 2.41. The first-order chi connectivity index (χ1) is 7.62. The maximum Gasteiger partial charge on any atom is 0.314 e. The molecule has 4 heteroatoms. The third-order valence-corrected chi connectivity index (χ3v) is 2.37. The Kier molecular flexibility index (Phi) is 6.92. The van der Waals surface area contributed by atoms with Crippen LogP contribution in [-0.2, 0) is 19.1 Å². The fraction of sp³-hybridized carbons (Fsp3) is 0.500. The Balaban J connectivity index is 4.73. The number of carbonyl (C=O) groups excluding carboxylic acids is 2. The molecular formula is C12H18O4. The van der Waals surface area contributed by atoms with Crippen LogP contribution >= 0.6 is 0 Å².